The second kappa shape index (κ2) is 4.25. The van der Waals surface area contributed by atoms with E-state index in [2.05, 4.69) is 0 Å². The Kier molecular flexibility index (Phi) is 2.78. The molecule has 2 aromatic carbocycles. The summed E-state index contributed by atoms with van der Waals surface area (Å²) in [5.41, 5.74) is 1.38. The van der Waals surface area contributed by atoms with Gasteiger partial charge in [0.1, 0.15) is 23.0 Å². The minimum atomic E-state index is -0.0237. The van der Waals surface area contributed by atoms with Crippen LogP contribution in [0.1, 0.15) is 11.1 Å². The molecule has 88 valence electrons. The van der Waals surface area contributed by atoms with Crippen molar-refractivity contribution in [3.8, 4) is 23.0 Å². The summed E-state index contributed by atoms with van der Waals surface area (Å²) in [6.45, 7) is 0. The lowest BCUT2D eigenvalue weighted by Crippen LogP contribution is -1.88. The van der Waals surface area contributed by atoms with Crippen LogP contribution < -0.4 is 0 Å². The summed E-state index contributed by atoms with van der Waals surface area (Å²) in [5, 5.41) is 37.3. The van der Waals surface area contributed by atoms with E-state index in [4.69, 9.17) is 0 Å². The van der Waals surface area contributed by atoms with Crippen LogP contribution in [0.3, 0.4) is 0 Å². The number of aromatic hydroxyl groups is 4. The van der Waals surface area contributed by atoms with Gasteiger partial charge in [0.2, 0.25) is 0 Å². The lowest BCUT2D eigenvalue weighted by atomic mass is 10.0. The smallest absolute Gasteiger partial charge is 0.119 e. The van der Waals surface area contributed by atoms with E-state index in [1.807, 2.05) is 0 Å². The summed E-state index contributed by atoms with van der Waals surface area (Å²) >= 11 is 0. The van der Waals surface area contributed by atoms with Gasteiger partial charge in [-0.15, -0.1) is 0 Å². The normalized spacial score (nSPS) is 10.4. The van der Waals surface area contributed by atoms with E-state index in [1.165, 1.54) is 36.4 Å². The van der Waals surface area contributed by atoms with E-state index in [0.29, 0.717) is 17.5 Å². The minimum absolute atomic E-state index is 0.0237. The lowest BCUT2D eigenvalue weighted by Gasteiger charge is -2.05. The number of phenolic OH excluding ortho intramolecular Hbond substituents is 4. The van der Waals surface area contributed by atoms with Gasteiger partial charge >= 0.3 is 0 Å². The van der Waals surface area contributed by atoms with Crippen molar-refractivity contribution in [3.05, 3.63) is 47.5 Å². The first-order valence-corrected chi connectivity index (χ1v) is 5.07. The maximum absolute atomic E-state index is 9.32. The molecule has 2 aromatic rings. The molecule has 0 radical (unpaired) electrons. The zero-order valence-corrected chi connectivity index (χ0v) is 8.96. The summed E-state index contributed by atoms with van der Waals surface area (Å²) in [7, 11) is 0. The highest BCUT2D eigenvalue weighted by molar-refractivity contribution is 5.42. The van der Waals surface area contributed by atoms with Crippen LogP contribution >= 0.6 is 0 Å². The van der Waals surface area contributed by atoms with E-state index in [1.54, 1.807) is 0 Å². The van der Waals surface area contributed by atoms with E-state index in [-0.39, 0.29) is 23.0 Å². The molecule has 4 heteroatoms. The summed E-state index contributed by atoms with van der Waals surface area (Å²) in [6.07, 6.45) is 0.393. The molecule has 0 spiro atoms. The van der Waals surface area contributed by atoms with Crippen molar-refractivity contribution in [1.82, 2.24) is 0 Å². The number of hydrogen-bond donors (Lipinski definition) is 4. The number of rotatable bonds is 2. The van der Waals surface area contributed by atoms with Crippen molar-refractivity contribution in [2.45, 2.75) is 6.42 Å². The highest BCUT2D eigenvalue weighted by Crippen LogP contribution is 2.25. The van der Waals surface area contributed by atoms with Gasteiger partial charge in [-0.05, 0) is 41.8 Å². The van der Waals surface area contributed by atoms with Gasteiger partial charge < -0.3 is 20.4 Å². The van der Waals surface area contributed by atoms with E-state index < -0.39 is 0 Å². The number of benzene rings is 2. The molecule has 0 aliphatic carbocycles. The largest absolute Gasteiger partial charge is 0.508 e. The average molecular weight is 232 g/mol. The Bertz CT molecular complexity index is 459. The van der Waals surface area contributed by atoms with Crippen LogP contribution in [0.25, 0.3) is 0 Å². The van der Waals surface area contributed by atoms with Crippen molar-refractivity contribution in [2.75, 3.05) is 0 Å². The van der Waals surface area contributed by atoms with Crippen LogP contribution in [0, 0.1) is 0 Å². The summed E-state index contributed by atoms with van der Waals surface area (Å²) in [5.74, 6) is -0.0949. The molecule has 0 bridgehead atoms. The molecule has 0 fully saturated rings. The Balaban J connectivity index is 2.31. The SMILES string of the molecule is Oc1cc(O)cc(Cc2cc(O)cc(O)c2)c1. The Morgan fingerprint density at radius 3 is 1.12 bits per heavy atom. The molecule has 0 saturated heterocycles. The molecule has 0 saturated carbocycles. The van der Waals surface area contributed by atoms with Crippen LogP contribution in [-0.4, -0.2) is 20.4 Å². The average Bonchev–Trinajstić information content (AvgIpc) is 2.13. The second-order valence-electron chi connectivity index (χ2n) is 3.89. The third-order valence-corrected chi connectivity index (χ3v) is 2.33. The lowest BCUT2D eigenvalue weighted by molar-refractivity contribution is 0.449. The molecule has 0 heterocycles. The topological polar surface area (TPSA) is 80.9 Å². The molecule has 4 N–H and O–H groups in total. The van der Waals surface area contributed by atoms with Crippen molar-refractivity contribution < 1.29 is 20.4 Å². The zero-order chi connectivity index (χ0) is 12.4. The van der Waals surface area contributed by atoms with Gasteiger partial charge in [0, 0.05) is 12.1 Å². The maximum Gasteiger partial charge on any atom is 0.119 e. The zero-order valence-electron chi connectivity index (χ0n) is 8.96. The Morgan fingerprint density at radius 2 is 0.824 bits per heavy atom. The molecule has 0 aliphatic rings. The van der Waals surface area contributed by atoms with Gasteiger partial charge in [0.05, 0.1) is 0 Å². The van der Waals surface area contributed by atoms with Crippen LogP contribution in [0.5, 0.6) is 23.0 Å². The van der Waals surface area contributed by atoms with Crippen LogP contribution in [0.2, 0.25) is 0 Å². The fourth-order valence-corrected chi connectivity index (χ4v) is 1.75. The van der Waals surface area contributed by atoms with Gasteiger partial charge in [-0.2, -0.15) is 0 Å². The van der Waals surface area contributed by atoms with Gasteiger partial charge in [-0.3, -0.25) is 0 Å². The standard InChI is InChI=1S/C13H12O4/c14-10-2-8(3-11(15)6-10)1-9-4-12(16)7-13(17)5-9/h2-7,14-17H,1H2. The first kappa shape index (κ1) is 11.1. The quantitative estimate of drug-likeness (QED) is 0.639. The molecule has 0 amide bonds. The second-order valence-corrected chi connectivity index (χ2v) is 3.89. The first-order chi connectivity index (χ1) is 8.02. The van der Waals surface area contributed by atoms with Crippen molar-refractivity contribution in [3.63, 3.8) is 0 Å². The third kappa shape index (κ3) is 2.81. The molecule has 0 aromatic heterocycles. The molecule has 0 aliphatic heterocycles. The Labute approximate surface area is 98.0 Å². The fraction of sp³-hybridized carbons (Fsp3) is 0.0769. The Morgan fingerprint density at radius 1 is 0.529 bits per heavy atom. The number of hydrogen-bond acceptors (Lipinski definition) is 4. The van der Waals surface area contributed by atoms with Crippen molar-refractivity contribution in [1.29, 1.82) is 0 Å². The molecule has 4 nitrogen and oxygen atoms in total. The predicted octanol–water partition coefficient (Wildman–Crippen LogP) is 2.10. The van der Waals surface area contributed by atoms with Gasteiger partial charge in [-0.25, -0.2) is 0 Å². The minimum Gasteiger partial charge on any atom is -0.508 e. The van der Waals surface area contributed by atoms with E-state index in [0.717, 1.165) is 0 Å². The molecule has 0 unspecified atom stereocenters. The fourth-order valence-electron chi connectivity index (χ4n) is 1.75. The molecule has 0 atom stereocenters. The van der Waals surface area contributed by atoms with Crippen molar-refractivity contribution >= 4 is 0 Å². The number of phenols is 4. The molecular formula is C13H12O4. The monoisotopic (exact) mass is 232 g/mol. The predicted molar refractivity (Wildman–Crippen MR) is 62.3 cm³/mol. The van der Waals surface area contributed by atoms with Crippen LogP contribution in [0.15, 0.2) is 36.4 Å². The van der Waals surface area contributed by atoms with E-state index in [9.17, 15) is 20.4 Å². The summed E-state index contributed by atoms with van der Waals surface area (Å²) in [4.78, 5) is 0. The Hall–Kier alpha value is -2.36. The highest BCUT2D eigenvalue weighted by Gasteiger charge is 2.03. The van der Waals surface area contributed by atoms with Crippen molar-refractivity contribution in [2.24, 2.45) is 0 Å². The maximum atomic E-state index is 9.32. The van der Waals surface area contributed by atoms with Crippen LogP contribution in [0.4, 0.5) is 0 Å². The van der Waals surface area contributed by atoms with Gasteiger partial charge in [0.25, 0.3) is 0 Å². The third-order valence-electron chi connectivity index (χ3n) is 2.33. The highest BCUT2D eigenvalue weighted by atomic mass is 16.3. The van der Waals surface area contributed by atoms with E-state index >= 15 is 0 Å². The molecular weight excluding hydrogens is 220 g/mol. The molecule has 17 heavy (non-hydrogen) atoms. The van der Waals surface area contributed by atoms with Gasteiger partial charge in [-0.1, -0.05) is 0 Å². The summed E-state index contributed by atoms with van der Waals surface area (Å²) < 4.78 is 0. The first-order valence-electron chi connectivity index (χ1n) is 5.07. The van der Waals surface area contributed by atoms with Crippen LogP contribution in [-0.2, 0) is 6.42 Å². The van der Waals surface area contributed by atoms with Gasteiger partial charge in [0.15, 0.2) is 0 Å². The summed E-state index contributed by atoms with van der Waals surface area (Å²) in [6, 6.07) is 8.54. The molecule has 2 rings (SSSR count).